The molecular formula is C18H32AgBrO2. The van der Waals surface area contributed by atoms with Gasteiger partial charge >= 0.3 is 22.4 Å². The second-order valence-electron chi connectivity index (χ2n) is 5.85. The van der Waals surface area contributed by atoms with Gasteiger partial charge in [-0.05, 0) is 43.0 Å². The van der Waals surface area contributed by atoms with Crippen LogP contribution in [0.1, 0.15) is 96.8 Å². The quantitative estimate of drug-likeness (QED) is 0.236. The standard InChI is InChI=1S/C18H33BrO2.Ag/c1-2-3-4-5-6-8-11-14-17(19)15-12-9-7-10-13-16-18(20)21;/h14H,2-13,15-16H2,1H3,(H,20,21);/q;+1/p-1/b17-14+;. The summed E-state index contributed by atoms with van der Waals surface area (Å²) in [6.07, 6.45) is 18.3. The summed E-state index contributed by atoms with van der Waals surface area (Å²) in [5.41, 5.74) is 0. The summed E-state index contributed by atoms with van der Waals surface area (Å²) >= 11 is 3.65. The minimum absolute atomic E-state index is 0. The predicted molar refractivity (Wildman–Crippen MR) is 92.3 cm³/mol. The molecular weight excluding hydrogens is 436 g/mol. The van der Waals surface area contributed by atoms with Crippen LogP contribution in [0.3, 0.4) is 0 Å². The van der Waals surface area contributed by atoms with Crippen molar-refractivity contribution in [3.05, 3.63) is 10.6 Å². The van der Waals surface area contributed by atoms with Gasteiger partial charge < -0.3 is 9.90 Å². The predicted octanol–water partition coefficient (Wildman–Crippen LogP) is 5.49. The number of carbonyl (C=O) groups excluding carboxylic acids is 1. The molecule has 0 radical (unpaired) electrons. The minimum Gasteiger partial charge on any atom is -0.550 e. The normalized spacial score (nSPS) is 11.3. The summed E-state index contributed by atoms with van der Waals surface area (Å²) in [6.45, 7) is 2.25. The summed E-state index contributed by atoms with van der Waals surface area (Å²) in [4.78, 5) is 10.3. The molecule has 0 aromatic heterocycles. The molecule has 0 unspecified atom stereocenters. The van der Waals surface area contributed by atoms with Gasteiger partial charge in [0.1, 0.15) is 0 Å². The molecule has 0 fully saturated rings. The zero-order valence-corrected chi connectivity index (χ0v) is 17.0. The van der Waals surface area contributed by atoms with E-state index in [-0.39, 0.29) is 28.8 Å². The van der Waals surface area contributed by atoms with E-state index < -0.39 is 5.97 Å². The van der Waals surface area contributed by atoms with Crippen LogP contribution in [0.5, 0.6) is 0 Å². The van der Waals surface area contributed by atoms with Gasteiger partial charge in [0.2, 0.25) is 0 Å². The van der Waals surface area contributed by atoms with Gasteiger partial charge in [-0.1, -0.05) is 80.3 Å². The Kier molecular flexibility index (Phi) is 21.8. The third-order valence-corrected chi connectivity index (χ3v) is 4.44. The Balaban J connectivity index is 0. The Morgan fingerprint density at radius 3 is 1.95 bits per heavy atom. The second kappa shape index (κ2) is 19.5. The molecule has 0 heterocycles. The number of carboxylic acids is 1. The van der Waals surface area contributed by atoms with Crippen molar-refractivity contribution in [2.45, 2.75) is 96.8 Å². The molecule has 0 N–H and O–H groups in total. The first-order valence-electron chi connectivity index (χ1n) is 8.71. The van der Waals surface area contributed by atoms with Gasteiger partial charge in [0.05, 0.1) is 0 Å². The summed E-state index contributed by atoms with van der Waals surface area (Å²) in [5, 5.41) is 10.3. The van der Waals surface area contributed by atoms with E-state index >= 15 is 0 Å². The number of carbonyl (C=O) groups is 1. The van der Waals surface area contributed by atoms with Crippen LogP contribution in [0.25, 0.3) is 0 Å². The van der Waals surface area contributed by atoms with Crippen LogP contribution in [0, 0.1) is 0 Å². The van der Waals surface area contributed by atoms with Crippen molar-refractivity contribution in [1.29, 1.82) is 0 Å². The average Bonchev–Trinajstić information content (AvgIpc) is 2.45. The molecule has 0 rings (SSSR count). The van der Waals surface area contributed by atoms with Crippen LogP contribution in [0.2, 0.25) is 0 Å². The molecule has 0 saturated carbocycles. The van der Waals surface area contributed by atoms with Crippen LogP contribution < -0.4 is 5.11 Å². The molecule has 0 bridgehead atoms. The van der Waals surface area contributed by atoms with E-state index in [1.54, 1.807) is 0 Å². The molecule has 2 nitrogen and oxygen atoms in total. The fourth-order valence-corrected chi connectivity index (χ4v) is 2.89. The van der Waals surface area contributed by atoms with Gasteiger partial charge in [-0.3, -0.25) is 0 Å². The molecule has 22 heavy (non-hydrogen) atoms. The first-order chi connectivity index (χ1) is 10.2. The zero-order chi connectivity index (χ0) is 15.8. The van der Waals surface area contributed by atoms with Gasteiger partial charge in [-0.15, -0.1) is 0 Å². The summed E-state index contributed by atoms with van der Waals surface area (Å²) in [7, 11) is 0. The van der Waals surface area contributed by atoms with E-state index in [0.717, 1.165) is 25.7 Å². The number of hydrogen-bond acceptors (Lipinski definition) is 2. The van der Waals surface area contributed by atoms with Gasteiger partial charge in [-0.2, -0.15) is 0 Å². The monoisotopic (exact) mass is 466 g/mol. The fourth-order valence-electron chi connectivity index (χ4n) is 2.38. The summed E-state index contributed by atoms with van der Waals surface area (Å²) in [6, 6.07) is 0. The molecule has 134 valence electrons. The van der Waals surface area contributed by atoms with Gasteiger partial charge in [0.15, 0.2) is 0 Å². The molecule has 0 atom stereocenters. The third kappa shape index (κ3) is 20.4. The second-order valence-corrected chi connectivity index (χ2v) is 6.87. The molecule has 4 heteroatoms. The van der Waals surface area contributed by atoms with Gasteiger partial charge in [0.25, 0.3) is 0 Å². The van der Waals surface area contributed by atoms with Gasteiger partial charge in [-0.25, -0.2) is 0 Å². The van der Waals surface area contributed by atoms with Crippen LogP contribution in [-0.4, -0.2) is 5.97 Å². The minimum atomic E-state index is -0.921. The van der Waals surface area contributed by atoms with Crippen LogP contribution in [0.4, 0.5) is 0 Å². The largest absolute Gasteiger partial charge is 1.00 e. The Morgan fingerprint density at radius 1 is 0.864 bits per heavy atom. The van der Waals surface area contributed by atoms with E-state index in [2.05, 4.69) is 28.9 Å². The number of aliphatic carboxylic acids is 1. The Morgan fingerprint density at radius 2 is 1.36 bits per heavy atom. The summed E-state index contributed by atoms with van der Waals surface area (Å²) < 4.78 is 1.34. The number of rotatable bonds is 15. The van der Waals surface area contributed by atoms with Crippen molar-refractivity contribution >= 4 is 21.9 Å². The average molecular weight is 468 g/mol. The van der Waals surface area contributed by atoms with Crippen molar-refractivity contribution in [3.63, 3.8) is 0 Å². The third-order valence-electron chi connectivity index (χ3n) is 3.72. The fraction of sp³-hybridized carbons (Fsp3) is 0.833. The van der Waals surface area contributed by atoms with Crippen molar-refractivity contribution in [3.8, 4) is 0 Å². The van der Waals surface area contributed by atoms with E-state index in [1.165, 1.54) is 62.3 Å². The number of carboxylic acid groups (broad SMARTS) is 1. The van der Waals surface area contributed by atoms with E-state index in [9.17, 15) is 9.90 Å². The smallest absolute Gasteiger partial charge is 0.550 e. The number of hydrogen-bond donors (Lipinski definition) is 0. The van der Waals surface area contributed by atoms with E-state index in [0.29, 0.717) is 0 Å². The molecule has 0 aliphatic heterocycles. The number of unbranched alkanes of at least 4 members (excludes halogenated alkanes) is 10. The molecule has 0 aromatic rings. The maximum atomic E-state index is 10.3. The van der Waals surface area contributed by atoms with Crippen molar-refractivity contribution in [2.75, 3.05) is 0 Å². The topological polar surface area (TPSA) is 40.1 Å². The van der Waals surface area contributed by atoms with E-state index in [1.807, 2.05) is 0 Å². The van der Waals surface area contributed by atoms with Crippen molar-refractivity contribution in [1.82, 2.24) is 0 Å². The van der Waals surface area contributed by atoms with E-state index in [4.69, 9.17) is 0 Å². The zero-order valence-electron chi connectivity index (χ0n) is 14.0. The SMILES string of the molecule is CCCCCCCC/C=C(/Br)CCCCCCCC(=O)[O-].[Ag+]. The molecule has 0 aromatic carbocycles. The maximum Gasteiger partial charge on any atom is 1.00 e. The molecule has 0 saturated heterocycles. The van der Waals surface area contributed by atoms with Crippen LogP contribution in [0.15, 0.2) is 10.6 Å². The molecule has 0 amide bonds. The first-order valence-corrected chi connectivity index (χ1v) is 9.50. The van der Waals surface area contributed by atoms with Crippen molar-refractivity contribution in [2.24, 2.45) is 0 Å². The van der Waals surface area contributed by atoms with Crippen LogP contribution >= 0.6 is 15.9 Å². The maximum absolute atomic E-state index is 10.3. The van der Waals surface area contributed by atoms with Crippen molar-refractivity contribution < 1.29 is 32.3 Å². The Bertz CT molecular complexity index is 280. The number of allylic oxidation sites excluding steroid dienone is 2. The Labute approximate surface area is 161 Å². The molecule has 0 aliphatic carbocycles. The molecule has 0 aliphatic rings. The van der Waals surface area contributed by atoms with Crippen LogP contribution in [-0.2, 0) is 27.2 Å². The first kappa shape index (κ1) is 24.7. The Hall–Kier alpha value is 0.430. The number of halogens is 1. The summed E-state index contributed by atoms with van der Waals surface area (Å²) in [5.74, 6) is -0.921. The molecule has 0 spiro atoms. The van der Waals surface area contributed by atoms with Gasteiger partial charge in [0, 0.05) is 5.97 Å².